The van der Waals surface area contributed by atoms with Crippen LogP contribution in [-0.2, 0) is 9.59 Å². The van der Waals surface area contributed by atoms with Crippen molar-refractivity contribution in [3.05, 3.63) is 60.7 Å². The molecule has 0 saturated heterocycles. The number of halogens is 1. The lowest BCUT2D eigenvalue weighted by Crippen LogP contribution is -2.09. The third-order valence-corrected chi connectivity index (χ3v) is 5.06. The third kappa shape index (κ3) is 8.75. The van der Waals surface area contributed by atoms with Gasteiger partial charge in [-0.1, -0.05) is 13.8 Å². The zero-order valence-electron chi connectivity index (χ0n) is 20.4. The van der Waals surface area contributed by atoms with Gasteiger partial charge in [-0.05, 0) is 72.3 Å². The number of anilines is 4. The number of pyridine rings is 2. The maximum absolute atomic E-state index is 11.3. The molecule has 0 bridgehead atoms. The van der Waals surface area contributed by atoms with Crippen LogP contribution >= 0.6 is 11.6 Å². The zero-order chi connectivity index (χ0) is 25.8. The Morgan fingerprint density at radius 2 is 1.31 bits per heavy atom. The molecule has 5 N–H and O–H groups in total. The number of nitrogens with zero attached hydrogens (tertiary/aromatic N) is 2. The molecule has 0 aliphatic heterocycles. The number of nitrogens with two attached hydrogens (primary N) is 1. The molecule has 9 heteroatoms. The van der Waals surface area contributed by atoms with E-state index in [2.05, 4.69) is 25.9 Å². The fourth-order valence-electron chi connectivity index (χ4n) is 2.88. The molecule has 2 aromatic heterocycles. The van der Waals surface area contributed by atoms with Crippen LogP contribution in [0.5, 0.6) is 0 Å². The molecular weight excluding hydrogens is 464 g/mol. The van der Waals surface area contributed by atoms with E-state index < -0.39 is 0 Å². The van der Waals surface area contributed by atoms with Crippen molar-refractivity contribution in [2.24, 2.45) is 0 Å². The van der Waals surface area contributed by atoms with Gasteiger partial charge in [0.25, 0.3) is 0 Å². The maximum Gasteiger partial charge on any atom is 0.224 e. The van der Waals surface area contributed by atoms with Gasteiger partial charge in [0.05, 0.1) is 11.0 Å². The van der Waals surface area contributed by atoms with Crippen LogP contribution in [0, 0.1) is 0 Å². The van der Waals surface area contributed by atoms with Crippen LogP contribution in [-0.4, -0.2) is 35.2 Å². The number of benzene rings is 2. The van der Waals surface area contributed by atoms with Crippen molar-refractivity contribution >= 4 is 67.6 Å². The Bertz CT molecular complexity index is 1300. The normalized spacial score (nSPS) is 9.86. The number of hydrogen-bond acceptors (Lipinski definition) is 7. The topological polar surface area (TPSA) is 122 Å². The SMILES string of the molecule is CCC(=O)Cl.CCC(=O)Nc1ccc2nc(NC)ccc2c1.CNc1ccc2cc(N)ccc2n1. The molecule has 0 aliphatic carbocycles. The van der Waals surface area contributed by atoms with E-state index in [1.54, 1.807) is 6.92 Å². The highest BCUT2D eigenvalue weighted by Crippen LogP contribution is 2.20. The number of nitrogens with one attached hydrogen (secondary N) is 3. The van der Waals surface area contributed by atoms with Crippen molar-refractivity contribution in [3.63, 3.8) is 0 Å². The van der Waals surface area contributed by atoms with Crippen LogP contribution in [0.15, 0.2) is 60.7 Å². The summed E-state index contributed by atoms with van der Waals surface area (Å²) in [4.78, 5) is 29.6. The number of aromatic nitrogens is 2. The van der Waals surface area contributed by atoms with Gasteiger partial charge in [-0.3, -0.25) is 9.59 Å². The molecule has 0 saturated carbocycles. The number of nitrogen functional groups attached to an aromatic ring is 1. The van der Waals surface area contributed by atoms with Gasteiger partial charge in [-0.25, -0.2) is 9.97 Å². The number of hydrogen-bond donors (Lipinski definition) is 4. The van der Waals surface area contributed by atoms with Gasteiger partial charge < -0.3 is 21.7 Å². The molecule has 0 radical (unpaired) electrons. The smallest absolute Gasteiger partial charge is 0.224 e. The minimum absolute atomic E-state index is 0.0177. The minimum atomic E-state index is -0.273. The predicted molar refractivity (Wildman–Crippen MR) is 147 cm³/mol. The van der Waals surface area contributed by atoms with Crippen molar-refractivity contribution in [2.75, 3.05) is 35.8 Å². The van der Waals surface area contributed by atoms with Gasteiger partial charge in [0, 0.05) is 49.1 Å². The highest BCUT2D eigenvalue weighted by Gasteiger charge is 2.02. The molecule has 0 atom stereocenters. The van der Waals surface area contributed by atoms with E-state index in [-0.39, 0.29) is 11.1 Å². The first kappa shape index (κ1) is 27.3. The Labute approximate surface area is 210 Å². The highest BCUT2D eigenvalue weighted by atomic mass is 35.5. The van der Waals surface area contributed by atoms with E-state index in [1.165, 1.54) is 0 Å². The molecule has 4 rings (SSSR count). The standard InChI is InChI=1S/C13H15N3O.C10H11N3.C3H5ClO/c1-3-13(17)15-10-5-6-11-9(8-10)4-7-12(14-2)16-11;1-12-10-5-2-7-6-8(11)3-4-9(7)13-10;1-2-3(4)5/h4-8H,3H2,1-2H3,(H,14,16)(H,15,17);2-6H,11H2,1H3,(H,12,13);2H2,1H3. The monoisotopic (exact) mass is 494 g/mol. The Morgan fingerprint density at radius 1 is 0.800 bits per heavy atom. The van der Waals surface area contributed by atoms with Crippen LogP contribution < -0.4 is 21.7 Å². The van der Waals surface area contributed by atoms with Gasteiger partial charge in [0.2, 0.25) is 11.1 Å². The second-order valence-corrected chi connectivity index (χ2v) is 7.78. The summed E-state index contributed by atoms with van der Waals surface area (Å²) in [6.45, 7) is 3.55. The molecule has 2 aromatic carbocycles. The summed E-state index contributed by atoms with van der Waals surface area (Å²) in [6.07, 6.45) is 0.913. The summed E-state index contributed by atoms with van der Waals surface area (Å²) >= 11 is 4.82. The van der Waals surface area contributed by atoms with Gasteiger partial charge in [0.15, 0.2) is 0 Å². The molecule has 0 unspecified atom stereocenters. The maximum atomic E-state index is 11.3. The summed E-state index contributed by atoms with van der Waals surface area (Å²) in [7, 11) is 3.69. The lowest BCUT2D eigenvalue weighted by atomic mass is 10.2. The first-order valence-electron chi connectivity index (χ1n) is 11.2. The molecule has 0 spiro atoms. The number of amides is 1. The van der Waals surface area contributed by atoms with E-state index in [1.807, 2.05) is 81.7 Å². The van der Waals surface area contributed by atoms with E-state index in [9.17, 15) is 9.59 Å². The average Bonchev–Trinajstić information content (AvgIpc) is 2.88. The van der Waals surface area contributed by atoms with Crippen LogP contribution in [0.25, 0.3) is 21.8 Å². The first-order valence-corrected chi connectivity index (χ1v) is 11.6. The van der Waals surface area contributed by atoms with Crippen LogP contribution in [0.2, 0.25) is 0 Å². The van der Waals surface area contributed by atoms with E-state index in [4.69, 9.17) is 17.3 Å². The lowest BCUT2D eigenvalue weighted by molar-refractivity contribution is -0.116. The van der Waals surface area contributed by atoms with Crippen LogP contribution in [0.4, 0.5) is 23.0 Å². The van der Waals surface area contributed by atoms with Gasteiger partial charge in [-0.15, -0.1) is 0 Å². The number of carbonyl (C=O) groups is 2. The van der Waals surface area contributed by atoms with Crippen LogP contribution in [0.3, 0.4) is 0 Å². The molecule has 0 fully saturated rings. The summed E-state index contributed by atoms with van der Waals surface area (Å²) < 4.78 is 0. The highest BCUT2D eigenvalue weighted by molar-refractivity contribution is 6.63. The molecule has 35 heavy (non-hydrogen) atoms. The molecule has 4 aromatic rings. The fraction of sp³-hybridized carbons (Fsp3) is 0.231. The van der Waals surface area contributed by atoms with Gasteiger partial charge in [-0.2, -0.15) is 0 Å². The van der Waals surface area contributed by atoms with E-state index in [0.717, 1.165) is 44.8 Å². The Morgan fingerprint density at radius 3 is 1.80 bits per heavy atom. The first-order chi connectivity index (χ1) is 16.8. The van der Waals surface area contributed by atoms with Crippen molar-refractivity contribution in [1.82, 2.24) is 9.97 Å². The predicted octanol–water partition coefficient (Wildman–Crippen LogP) is 5.65. The quantitative estimate of drug-likeness (QED) is 0.209. The van der Waals surface area contributed by atoms with Crippen molar-refractivity contribution in [2.45, 2.75) is 26.7 Å². The Balaban J connectivity index is 0.000000212. The van der Waals surface area contributed by atoms with Crippen LogP contribution in [0.1, 0.15) is 26.7 Å². The Hall–Kier alpha value is -3.91. The summed E-state index contributed by atoms with van der Waals surface area (Å²) in [6, 6.07) is 19.2. The summed E-state index contributed by atoms with van der Waals surface area (Å²) in [5.74, 6) is 1.73. The largest absolute Gasteiger partial charge is 0.399 e. The summed E-state index contributed by atoms with van der Waals surface area (Å²) in [5, 5.41) is 10.6. The molecule has 184 valence electrons. The number of rotatable bonds is 5. The minimum Gasteiger partial charge on any atom is -0.399 e. The molecule has 0 aliphatic rings. The zero-order valence-corrected chi connectivity index (χ0v) is 21.1. The fourth-order valence-corrected chi connectivity index (χ4v) is 2.88. The molecule has 2 heterocycles. The van der Waals surface area contributed by atoms with Crippen molar-refractivity contribution < 1.29 is 9.59 Å². The Kier molecular flexibility index (Phi) is 10.7. The lowest BCUT2D eigenvalue weighted by Gasteiger charge is -2.06. The van der Waals surface area contributed by atoms with E-state index >= 15 is 0 Å². The van der Waals surface area contributed by atoms with Crippen molar-refractivity contribution in [1.29, 1.82) is 0 Å². The van der Waals surface area contributed by atoms with Gasteiger partial charge >= 0.3 is 0 Å². The summed E-state index contributed by atoms with van der Waals surface area (Å²) in [5.41, 5.74) is 9.10. The third-order valence-electron chi connectivity index (χ3n) is 4.80. The average molecular weight is 495 g/mol. The number of carbonyl (C=O) groups excluding carboxylic acids is 2. The second-order valence-electron chi connectivity index (χ2n) is 7.36. The van der Waals surface area contributed by atoms with Gasteiger partial charge in [0.1, 0.15) is 11.6 Å². The molecule has 8 nitrogen and oxygen atoms in total. The molecular formula is C26H31ClN6O2. The van der Waals surface area contributed by atoms with Crippen molar-refractivity contribution in [3.8, 4) is 0 Å². The number of fused-ring (bicyclic) bond motifs is 2. The molecule has 1 amide bonds. The van der Waals surface area contributed by atoms with E-state index in [0.29, 0.717) is 12.8 Å². The second kappa shape index (κ2) is 13.7.